The molecule has 8 amide bonds. The number of amides is 8. The van der Waals surface area contributed by atoms with Crippen molar-refractivity contribution in [1.29, 1.82) is 0 Å². The summed E-state index contributed by atoms with van der Waals surface area (Å²) in [7, 11) is 0. The van der Waals surface area contributed by atoms with Gasteiger partial charge < -0.3 is 64.0 Å². The number of benzene rings is 2. The normalized spacial score (nSPS) is 20.6. The van der Waals surface area contributed by atoms with E-state index in [0.29, 0.717) is 30.5 Å². The SMILES string of the molecule is CCCC[C@H](NC(C)=O)C(=O)N[C@H]1CCC(=O)NCCCCNC(=O)[C@H](Cc2c[nH]c3ccccc23)NC(=O)[C@H](CCCN=C(N)N)NC(=O)[C@@H](Cc2ccccc2C)NC(=O)[C@H](Cc2cnc[nH]2)NC1=O. The van der Waals surface area contributed by atoms with E-state index in [-0.39, 0.29) is 77.0 Å². The van der Waals surface area contributed by atoms with Gasteiger partial charge >= 0.3 is 0 Å². The van der Waals surface area contributed by atoms with Crippen LogP contribution in [0, 0.1) is 6.92 Å². The molecule has 22 nitrogen and oxygen atoms in total. The number of nitrogens with two attached hydrogens (primary N) is 2. The van der Waals surface area contributed by atoms with Gasteiger partial charge in [-0.1, -0.05) is 62.2 Å². The second-order valence-corrected chi connectivity index (χ2v) is 18.0. The molecule has 388 valence electrons. The van der Waals surface area contributed by atoms with E-state index in [1.54, 1.807) is 18.3 Å². The molecule has 72 heavy (non-hydrogen) atoms. The third kappa shape index (κ3) is 17.6. The lowest BCUT2D eigenvalue weighted by Gasteiger charge is -2.28. The monoisotopic (exact) mass is 995 g/mol. The van der Waals surface area contributed by atoms with Gasteiger partial charge in [0.15, 0.2) is 5.96 Å². The van der Waals surface area contributed by atoms with E-state index in [1.165, 1.54) is 19.4 Å². The first-order valence-electron chi connectivity index (χ1n) is 24.6. The smallest absolute Gasteiger partial charge is 0.243 e. The minimum Gasteiger partial charge on any atom is -0.370 e. The zero-order chi connectivity index (χ0) is 52.0. The number of rotatable bonds is 16. The largest absolute Gasteiger partial charge is 0.370 e. The van der Waals surface area contributed by atoms with Gasteiger partial charge in [0.25, 0.3) is 0 Å². The Morgan fingerprint density at radius 1 is 0.764 bits per heavy atom. The van der Waals surface area contributed by atoms with Crippen LogP contribution in [0.2, 0.25) is 0 Å². The van der Waals surface area contributed by atoms with Crippen LogP contribution < -0.4 is 54.0 Å². The number of carbonyl (C=O) groups is 8. The van der Waals surface area contributed by atoms with Crippen molar-refractivity contribution >= 4 is 64.1 Å². The number of nitrogens with zero attached hydrogens (tertiary/aromatic N) is 2. The van der Waals surface area contributed by atoms with Crippen molar-refractivity contribution in [3.05, 3.63) is 89.6 Å². The van der Waals surface area contributed by atoms with Crippen LogP contribution in [0.25, 0.3) is 10.9 Å². The molecule has 0 bridgehead atoms. The van der Waals surface area contributed by atoms with Crippen molar-refractivity contribution in [3.63, 3.8) is 0 Å². The van der Waals surface area contributed by atoms with E-state index in [4.69, 9.17) is 11.5 Å². The zero-order valence-corrected chi connectivity index (χ0v) is 41.2. The lowest BCUT2D eigenvalue weighted by molar-refractivity contribution is -0.135. The first-order chi connectivity index (χ1) is 34.6. The summed E-state index contributed by atoms with van der Waals surface area (Å²) < 4.78 is 0. The van der Waals surface area contributed by atoms with Crippen molar-refractivity contribution in [2.75, 3.05) is 19.6 Å². The molecule has 0 aliphatic carbocycles. The number of hydrogen-bond acceptors (Lipinski definition) is 10. The standard InChI is InChI=1S/C50H70N14O8/c1-4-5-16-37(59-31(3)65)45(68)61-39-19-20-43(66)54-21-10-11-22-55-44(67)40(25-33-27-57-36-17-9-8-15-35(33)36)62-46(69)38(18-12-23-56-50(51)52)60-48(71)41(24-32-14-7-6-13-30(32)2)63-49(72)42(64-47(39)70)26-34-28-53-29-58-34/h6-9,13-15,17,27-29,37-42,57H,4-5,10-12,16,18-26H2,1-3H3,(H,53,58)(H,54,66)(H,55,67)(H,59,65)(H,60,71)(H,61,68)(H,62,69)(H,63,72)(H,64,70)(H4,51,52,56)/t37-,38-,39-,40-,41+,42-/m0/s1. The van der Waals surface area contributed by atoms with Crippen molar-refractivity contribution in [3.8, 4) is 0 Å². The Bertz CT molecular complexity index is 2500. The number of aryl methyl sites for hydroxylation is 1. The van der Waals surface area contributed by atoms with Crippen LogP contribution in [0.1, 0.15) is 94.0 Å². The number of hydrogen-bond donors (Lipinski definition) is 12. The molecule has 0 unspecified atom stereocenters. The number of guanidine groups is 1. The fourth-order valence-corrected chi connectivity index (χ4v) is 8.33. The van der Waals surface area contributed by atoms with E-state index < -0.39 is 83.5 Å². The van der Waals surface area contributed by atoms with Gasteiger partial charge in [0.05, 0.1) is 6.33 Å². The number of nitrogens with one attached hydrogen (secondary N) is 10. The number of aromatic nitrogens is 3. The highest BCUT2D eigenvalue weighted by Crippen LogP contribution is 2.20. The molecule has 1 saturated heterocycles. The molecule has 0 radical (unpaired) electrons. The summed E-state index contributed by atoms with van der Waals surface area (Å²) in [6.45, 7) is 5.61. The highest BCUT2D eigenvalue weighted by Gasteiger charge is 2.34. The minimum absolute atomic E-state index is 0.0272. The molecule has 0 spiro atoms. The molecular formula is C50H70N14O8. The fourth-order valence-electron chi connectivity index (χ4n) is 8.33. The molecule has 0 saturated carbocycles. The van der Waals surface area contributed by atoms with Crippen LogP contribution in [-0.2, 0) is 57.6 Å². The summed E-state index contributed by atoms with van der Waals surface area (Å²) in [5.41, 5.74) is 14.8. The summed E-state index contributed by atoms with van der Waals surface area (Å²) in [6.07, 6.45) is 6.96. The number of aliphatic imine (C=N–C) groups is 1. The Morgan fingerprint density at radius 2 is 1.40 bits per heavy atom. The highest BCUT2D eigenvalue weighted by atomic mass is 16.2. The number of imidazole rings is 1. The Labute approximate surface area is 418 Å². The molecule has 6 atom stereocenters. The number of aromatic amines is 2. The average Bonchev–Trinajstić information content (AvgIpc) is 4.03. The fraction of sp³-hybridized carbons (Fsp3) is 0.480. The average molecular weight is 995 g/mol. The number of carbonyl (C=O) groups excluding carboxylic acids is 8. The maximum Gasteiger partial charge on any atom is 0.243 e. The van der Waals surface area contributed by atoms with E-state index in [0.717, 1.165) is 28.5 Å². The first kappa shape index (κ1) is 55.2. The molecule has 4 aromatic rings. The first-order valence-corrected chi connectivity index (χ1v) is 24.6. The van der Waals surface area contributed by atoms with E-state index in [2.05, 4.69) is 62.5 Å². The molecule has 1 fully saturated rings. The van der Waals surface area contributed by atoms with E-state index in [1.807, 2.05) is 50.2 Å². The lowest BCUT2D eigenvalue weighted by atomic mass is 9.99. The van der Waals surface area contributed by atoms with Gasteiger partial charge in [-0.25, -0.2) is 4.98 Å². The van der Waals surface area contributed by atoms with Gasteiger partial charge in [-0.15, -0.1) is 0 Å². The van der Waals surface area contributed by atoms with Crippen molar-refractivity contribution in [2.45, 2.75) is 134 Å². The van der Waals surface area contributed by atoms with Crippen LogP contribution >= 0.6 is 0 Å². The second-order valence-electron chi connectivity index (χ2n) is 18.0. The lowest BCUT2D eigenvalue weighted by Crippen LogP contribution is -2.60. The van der Waals surface area contributed by atoms with Crippen molar-refractivity contribution in [2.24, 2.45) is 16.5 Å². The second kappa shape index (κ2) is 28.2. The van der Waals surface area contributed by atoms with Crippen LogP contribution in [-0.4, -0.2) is 124 Å². The van der Waals surface area contributed by atoms with Gasteiger partial charge in [0.1, 0.15) is 36.3 Å². The third-order valence-electron chi connectivity index (χ3n) is 12.3. The third-order valence-corrected chi connectivity index (χ3v) is 12.3. The molecule has 2 aromatic carbocycles. The van der Waals surface area contributed by atoms with Crippen molar-refractivity contribution in [1.82, 2.24) is 57.5 Å². The van der Waals surface area contributed by atoms with Gasteiger partial charge in [0, 0.05) is 81.2 Å². The van der Waals surface area contributed by atoms with Crippen LogP contribution in [0.3, 0.4) is 0 Å². The summed E-state index contributed by atoms with van der Waals surface area (Å²) >= 11 is 0. The van der Waals surface area contributed by atoms with Crippen molar-refractivity contribution < 1.29 is 38.4 Å². The number of fused-ring (bicyclic) bond motifs is 1. The van der Waals surface area contributed by atoms with Crippen LogP contribution in [0.4, 0.5) is 0 Å². The number of H-pyrrole nitrogens is 2. The van der Waals surface area contributed by atoms with E-state index >= 15 is 0 Å². The molecule has 3 heterocycles. The van der Waals surface area contributed by atoms with Crippen LogP contribution in [0.5, 0.6) is 0 Å². The van der Waals surface area contributed by atoms with E-state index in [9.17, 15) is 38.4 Å². The Kier molecular flexibility index (Phi) is 21.6. The number of para-hydroxylation sites is 1. The predicted molar refractivity (Wildman–Crippen MR) is 270 cm³/mol. The maximum absolute atomic E-state index is 14.7. The molecule has 1 aliphatic heterocycles. The topological polar surface area (TPSA) is 342 Å². The molecular weight excluding hydrogens is 925 g/mol. The molecule has 1 aliphatic rings. The summed E-state index contributed by atoms with van der Waals surface area (Å²) in [5, 5.41) is 23.2. The Morgan fingerprint density at radius 3 is 2.10 bits per heavy atom. The molecule has 22 heteroatoms. The Balaban J connectivity index is 1.52. The summed E-state index contributed by atoms with van der Waals surface area (Å²) in [6, 6.07) is 7.41. The Hall–Kier alpha value is -7.78. The summed E-state index contributed by atoms with van der Waals surface area (Å²) in [5.74, 6) is -5.17. The summed E-state index contributed by atoms with van der Waals surface area (Å²) in [4.78, 5) is 126. The maximum atomic E-state index is 14.7. The van der Waals surface area contributed by atoms with Gasteiger partial charge in [-0.2, -0.15) is 0 Å². The molecule has 5 rings (SSSR count). The van der Waals surface area contributed by atoms with Gasteiger partial charge in [-0.05, 0) is 68.2 Å². The highest BCUT2D eigenvalue weighted by molar-refractivity contribution is 5.97. The molecule has 2 aromatic heterocycles. The van der Waals surface area contributed by atoms with Gasteiger partial charge in [0.2, 0.25) is 47.3 Å². The zero-order valence-electron chi connectivity index (χ0n) is 41.2. The van der Waals surface area contributed by atoms with Crippen LogP contribution in [0.15, 0.2) is 72.2 Å². The molecule has 14 N–H and O–H groups in total. The predicted octanol–water partition coefficient (Wildman–Crippen LogP) is 0.206. The van der Waals surface area contributed by atoms with Gasteiger partial charge in [-0.3, -0.25) is 43.3 Å². The number of unbranched alkanes of at least 4 members (excludes halogenated alkanes) is 1. The minimum atomic E-state index is -1.38. The quantitative estimate of drug-likeness (QED) is 0.0409.